The lowest BCUT2D eigenvalue weighted by Crippen LogP contribution is -2.70. The fourth-order valence-corrected chi connectivity index (χ4v) is 11.7. The van der Waals surface area contributed by atoms with Crippen LogP contribution in [-0.2, 0) is 9.47 Å². The Kier molecular flexibility index (Phi) is 9.53. The van der Waals surface area contributed by atoms with Crippen molar-refractivity contribution in [1.29, 1.82) is 0 Å². The molecule has 1 saturated heterocycles. The summed E-state index contributed by atoms with van der Waals surface area (Å²) in [6.07, 6.45) is -3.19. The van der Waals surface area contributed by atoms with Crippen LogP contribution in [0.2, 0.25) is 0 Å². The molecule has 0 unspecified atom stereocenters. The van der Waals surface area contributed by atoms with Crippen molar-refractivity contribution in [2.24, 2.45) is 45.3 Å². The van der Waals surface area contributed by atoms with Gasteiger partial charge in [-0.3, -0.25) is 0 Å². The van der Waals surface area contributed by atoms with Gasteiger partial charge in [-0.05, 0) is 98.2 Å². The first kappa shape index (κ1) is 35.6. The summed E-state index contributed by atoms with van der Waals surface area (Å²) in [5.74, 6) is -2.85. The summed E-state index contributed by atoms with van der Waals surface area (Å²) in [6.45, 7) is 14.1. The van der Waals surface area contributed by atoms with Crippen LogP contribution in [0.3, 0.4) is 0 Å². The minimum atomic E-state index is -1.87. The molecule has 0 aromatic heterocycles. The Morgan fingerprint density at radius 3 is 2.18 bits per heavy atom. The molecule has 0 radical (unpaired) electrons. The van der Waals surface area contributed by atoms with Gasteiger partial charge >= 0.3 is 0 Å². The van der Waals surface area contributed by atoms with Crippen LogP contribution in [0, 0.1) is 45.3 Å². The second kappa shape index (κ2) is 12.0. The number of allylic oxidation sites excluding steroid dienone is 2. The van der Waals surface area contributed by atoms with E-state index in [1.807, 2.05) is 19.9 Å². The highest BCUT2D eigenvalue weighted by Gasteiger charge is 2.73. The highest BCUT2D eigenvalue weighted by Crippen LogP contribution is 2.75. The van der Waals surface area contributed by atoms with E-state index in [9.17, 15) is 40.9 Å². The number of aliphatic hydroxyl groups excluding tert-OH is 7. The molecule has 0 aromatic carbocycles. The molecule has 0 aromatic rings. The molecule has 5 rings (SSSR count). The maximum absolute atomic E-state index is 12.5. The molecule has 260 valence electrons. The zero-order valence-corrected chi connectivity index (χ0v) is 28.3. The highest BCUT2D eigenvalue weighted by atomic mass is 16.8. The third-order valence-corrected chi connectivity index (χ3v) is 14.1. The number of hydrogen-bond acceptors (Lipinski definition) is 10. The maximum atomic E-state index is 12.5. The van der Waals surface area contributed by atoms with Gasteiger partial charge in [0.05, 0.1) is 24.9 Å². The van der Waals surface area contributed by atoms with E-state index in [0.717, 1.165) is 12.0 Å². The predicted octanol–water partition coefficient (Wildman–Crippen LogP) is 2.23. The van der Waals surface area contributed by atoms with Crippen molar-refractivity contribution in [2.45, 2.75) is 155 Å². The van der Waals surface area contributed by atoms with Crippen molar-refractivity contribution in [3.05, 3.63) is 11.6 Å². The Hall–Kier alpha value is -0.660. The molecule has 10 heteroatoms. The number of aliphatic hydroxyl groups is 8. The standard InChI is InChI=1S/C35H60O10/c1-18(2)9-8-12-35(43,45-30-28(42)27(41)26(40)22(17-36)44-30)19-10-14-33(6)25(19)20(37)15-23-32(5)13-11-24(39)31(3,4)29(32)21(38)16-34(23,33)7/h9,19-30,36-43H,8,10-17H2,1-7H3/t19-,20+,21-,22+,23+,24-,25-,26+,27-,28+,29-,30-,32+,33+,34+,35+/m0/s1. The van der Waals surface area contributed by atoms with Crippen LogP contribution in [0.4, 0.5) is 0 Å². The molecule has 0 spiro atoms. The van der Waals surface area contributed by atoms with E-state index in [1.165, 1.54) is 0 Å². The van der Waals surface area contributed by atoms with Gasteiger partial charge in [-0.15, -0.1) is 0 Å². The highest BCUT2D eigenvalue weighted by molar-refractivity contribution is 5.21. The zero-order chi connectivity index (χ0) is 33.5. The fraction of sp³-hybridized carbons (Fsp3) is 0.943. The fourth-order valence-electron chi connectivity index (χ4n) is 11.7. The minimum Gasteiger partial charge on any atom is -0.394 e. The van der Waals surface area contributed by atoms with E-state index in [4.69, 9.17) is 9.47 Å². The summed E-state index contributed by atoms with van der Waals surface area (Å²) in [5.41, 5.74) is -0.556. The second-order valence-electron chi connectivity index (χ2n) is 17.0. The molecule has 0 bridgehead atoms. The van der Waals surface area contributed by atoms with E-state index in [0.29, 0.717) is 38.5 Å². The van der Waals surface area contributed by atoms with Crippen LogP contribution >= 0.6 is 0 Å². The molecule has 16 atom stereocenters. The molecule has 5 aliphatic rings. The van der Waals surface area contributed by atoms with Crippen molar-refractivity contribution < 1.29 is 50.3 Å². The number of rotatable bonds is 7. The number of fused-ring (bicyclic) bond motifs is 5. The molecule has 1 aliphatic heterocycles. The summed E-state index contributed by atoms with van der Waals surface area (Å²) >= 11 is 0. The summed E-state index contributed by atoms with van der Waals surface area (Å²) in [5, 5.41) is 88.9. The van der Waals surface area contributed by atoms with Crippen molar-refractivity contribution in [3.63, 3.8) is 0 Å². The van der Waals surface area contributed by atoms with E-state index in [2.05, 4.69) is 34.6 Å². The van der Waals surface area contributed by atoms with E-state index in [1.54, 1.807) is 0 Å². The quantitative estimate of drug-likeness (QED) is 0.152. The summed E-state index contributed by atoms with van der Waals surface area (Å²) in [7, 11) is 0. The maximum Gasteiger partial charge on any atom is 0.189 e. The van der Waals surface area contributed by atoms with Crippen LogP contribution in [0.25, 0.3) is 0 Å². The largest absolute Gasteiger partial charge is 0.394 e. The average Bonchev–Trinajstić information content (AvgIpc) is 3.33. The molecule has 45 heavy (non-hydrogen) atoms. The lowest BCUT2D eigenvalue weighted by Gasteiger charge is -2.71. The molecular weight excluding hydrogens is 580 g/mol. The zero-order valence-electron chi connectivity index (χ0n) is 28.3. The molecule has 1 heterocycles. The average molecular weight is 641 g/mol. The van der Waals surface area contributed by atoms with Gasteiger partial charge in [0.15, 0.2) is 12.1 Å². The summed E-state index contributed by atoms with van der Waals surface area (Å²) < 4.78 is 12.0. The topological polar surface area (TPSA) is 180 Å². The Bertz CT molecular complexity index is 1110. The van der Waals surface area contributed by atoms with Gasteiger partial charge in [-0.1, -0.05) is 46.3 Å². The first-order chi connectivity index (χ1) is 20.8. The van der Waals surface area contributed by atoms with Crippen molar-refractivity contribution in [1.82, 2.24) is 0 Å². The molecule has 0 amide bonds. The van der Waals surface area contributed by atoms with Gasteiger partial charge in [-0.2, -0.15) is 0 Å². The molecule has 8 N–H and O–H groups in total. The Labute approximate surface area is 268 Å². The molecular formula is C35H60O10. The van der Waals surface area contributed by atoms with Gasteiger partial charge in [0.2, 0.25) is 0 Å². The van der Waals surface area contributed by atoms with Crippen LogP contribution < -0.4 is 0 Å². The van der Waals surface area contributed by atoms with Gasteiger partial charge in [0.1, 0.15) is 24.4 Å². The van der Waals surface area contributed by atoms with Crippen molar-refractivity contribution in [3.8, 4) is 0 Å². The monoisotopic (exact) mass is 640 g/mol. The third kappa shape index (κ3) is 5.38. The molecule has 4 saturated carbocycles. The van der Waals surface area contributed by atoms with Gasteiger partial charge < -0.3 is 50.3 Å². The molecule has 5 fully saturated rings. The van der Waals surface area contributed by atoms with Crippen LogP contribution in [0.1, 0.15) is 99.8 Å². The van der Waals surface area contributed by atoms with E-state index < -0.39 is 84.1 Å². The SMILES string of the molecule is CC(C)=CCC[C@@](O)(O[C@@H]1O[C@H](CO)[C@@H](O)[C@H](O)[C@H]1O)[C@H]1CC[C@]2(C)[C@@H]1[C@H](O)C[C@@H]1[C@@]3(C)CC[C@H](O)C(C)(C)[C@@H]3[C@@H](O)C[C@]12C. The van der Waals surface area contributed by atoms with Crippen LogP contribution in [0.5, 0.6) is 0 Å². The normalized spacial score (nSPS) is 52.2. The second-order valence-corrected chi connectivity index (χ2v) is 17.0. The van der Waals surface area contributed by atoms with Crippen molar-refractivity contribution >= 4 is 0 Å². The first-order valence-corrected chi connectivity index (χ1v) is 17.2. The Balaban J connectivity index is 1.51. The van der Waals surface area contributed by atoms with E-state index >= 15 is 0 Å². The van der Waals surface area contributed by atoms with Crippen LogP contribution in [-0.4, -0.2) is 102 Å². The van der Waals surface area contributed by atoms with Gasteiger partial charge in [-0.25, -0.2) is 0 Å². The number of ether oxygens (including phenoxy) is 2. The molecule has 10 nitrogen and oxygen atoms in total. The Morgan fingerprint density at radius 2 is 1.56 bits per heavy atom. The van der Waals surface area contributed by atoms with Gasteiger partial charge in [0, 0.05) is 12.3 Å². The van der Waals surface area contributed by atoms with Crippen molar-refractivity contribution in [2.75, 3.05) is 6.61 Å². The van der Waals surface area contributed by atoms with Gasteiger partial charge in [0.25, 0.3) is 0 Å². The Morgan fingerprint density at radius 1 is 0.889 bits per heavy atom. The minimum absolute atomic E-state index is 0.0882. The summed E-state index contributed by atoms with van der Waals surface area (Å²) in [6, 6.07) is 0. The van der Waals surface area contributed by atoms with Crippen LogP contribution in [0.15, 0.2) is 11.6 Å². The first-order valence-electron chi connectivity index (χ1n) is 17.2. The lowest BCUT2D eigenvalue weighted by molar-refractivity contribution is -0.381. The predicted molar refractivity (Wildman–Crippen MR) is 166 cm³/mol. The third-order valence-electron chi connectivity index (χ3n) is 14.1. The summed E-state index contributed by atoms with van der Waals surface area (Å²) in [4.78, 5) is 0. The number of hydrogen-bond donors (Lipinski definition) is 8. The lowest BCUT2D eigenvalue weighted by atomic mass is 9.34. The molecule has 4 aliphatic carbocycles. The van der Waals surface area contributed by atoms with E-state index in [-0.39, 0.29) is 29.1 Å². The smallest absolute Gasteiger partial charge is 0.189 e.